The molecule has 3 rings (SSSR count). The number of aromatic nitrogens is 4. The van der Waals surface area contributed by atoms with Crippen LogP contribution in [0.4, 0.5) is 10.1 Å². The van der Waals surface area contributed by atoms with Crippen LogP contribution in [-0.2, 0) is 4.79 Å². The smallest absolute Gasteiger partial charge is 0.244 e. The number of hydrogen-bond acceptors (Lipinski definition) is 5. The molecule has 1 amide bonds. The number of hydrogen-bond donors (Lipinski definition) is 2. The molecule has 0 atom stereocenters. The molecule has 104 valence electrons. The van der Waals surface area contributed by atoms with Crippen molar-refractivity contribution in [1.29, 1.82) is 0 Å². The molecule has 1 saturated carbocycles. The second-order valence-electron chi connectivity index (χ2n) is 4.88. The van der Waals surface area contributed by atoms with Gasteiger partial charge in [-0.2, -0.15) is 0 Å². The molecule has 0 saturated heterocycles. The number of carbonyl (C=O) groups is 1. The summed E-state index contributed by atoms with van der Waals surface area (Å²) in [6.45, 7) is 0. The van der Waals surface area contributed by atoms with Gasteiger partial charge < -0.3 is 11.1 Å². The molecular formula is C12H13FN6O. The zero-order valence-electron chi connectivity index (χ0n) is 10.6. The molecule has 20 heavy (non-hydrogen) atoms. The number of halogens is 1. The topological polar surface area (TPSA) is 98.7 Å². The Morgan fingerprint density at radius 3 is 2.85 bits per heavy atom. The number of nitrogens with one attached hydrogen (secondary N) is 1. The Morgan fingerprint density at radius 1 is 1.45 bits per heavy atom. The standard InChI is InChI=1S/C12H13FN6O/c13-9-3-2-8(19-7-15-17-18-19)6-10(9)16-11(20)12(14)4-1-5-12/h2-3,6-7H,1,4-5,14H2,(H,16,20). The molecule has 1 heterocycles. The summed E-state index contributed by atoms with van der Waals surface area (Å²) in [5, 5.41) is 13.3. The van der Waals surface area contributed by atoms with Crippen LogP contribution in [0.1, 0.15) is 19.3 Å². The van der Waals surface area contributed by atoms with Gasteiger partial charge in [0, 0.05) is 0 Å². The first-order chi connectivity index (χ1) is 9.58. The van der Waals surface area contributed by atoms with Crippen LogP contribution < -0.4 is 11.1 Å². The van der Waals surface area contributed by atoms with E-state index < -0.39 is 11.4 Å². The third-order valence-electron chi connectivity index (χ3n) is 3.51. The van der Waals surface area contributed by atoms with Gasteiger partial charge in [0.05, 0.1) is 16.9 Å². The molecule has 3 N–H and O–H groups in total. The van der Waals surface area contributed by atoms with Gasteiger partial charge in [0.1, 0.15) is 12.1 Å². The van der Waals surface area contributed by atoms with Crippen LogP contribution in [0.3, 0.4) is 0 Å². The van der Waals surface area contributed by atoms with E-state index in [1.54, 1.807) is 0 Å². The molecule has 2 aromatic rings. The molecule has 0 bridgehead atoms. The average Bonchev–Trinajstić information content (AvgIpc) is 2.92. The Hall–Kier alpha value is -2.35. The molecular weight excluding hydrogens is 263 g/mol. The lowest BCUT2D eigenvalue weighted by atomic mass is 9.77. The van der Waals surface area contributed by atoms with Gasteiger partial charge in [0.2, 0.25) is 5.91 Å². The van der Waals surface area contributed by atoms with E-state index in [2.05, 4.69) is 20.8 Å². The molecule has 8 heteroatoms. The number of amides is 1. The van der Waals surface area contributed by atoms with Crippen LogP contribution in [0.2, 0.25) is 0 Å². The van der Waals surface area contributed by atoms with Gasteiger partial charge in [-0.15, -0.1) is 5.10 Å². The van der Waals surface area contributed by atoms with Gasteiger partial charge in [-0.25, -0.2) is 9.07 Å². The molecule has 0 unspecified atom stereocenters. The number of nitrogens with zero attached hydrogens (tertiary/aromatic N) is 4. The number of carbonyl (C=O) groups excluding carboxylic acids is 1. The number of nitrogens with two attached hydrogens (primary N) is 1. The summed E-state index contributed by atoms with van der Waals surface area (Å²) in [4.78, 5) is 12.0. The minimum Gasteiger partial charge on any atom is -0.322 e. The number of rotatable bonds is 3. The van der Waals surface area contributed by atoms with Crippen molar-refractivity contribution in [3.8, 4) is 5.69 Å². The van der Waals surface area contributed by atoms with Crippen molar-refractivity contribution in [1.82, 2.24) is 20.2 Å². The van der Waals surface area contributed by atoms with Crippen molar-refractivity contribution < 1.29 is 9.18 Å². The van der Waals surface area contributed by atoms with Crippen molar-refractivity contribution in [3.05, 3.63) is 30.3 Å². The Kier molecular flexibility index (Phi) is 2.94. The summed E-state index contributed by atoms with van der Waals surface area (Å²) in [6.07, 6.45) is 3.53. The highest BCUT2D eigenvalue weighted by atomic mass is 19.1. The first kappa shape index (κ1) is 12.7. The van der Waals surface area contributed by atoms with Crippen molar-refractivity contribution in [2.45, 2.75) is 24.8 Å². The monoisotopic (exact) mass is 276 g/mol. The van der Waals surface area contributed by atoms with Gasteiger partial charge in [0.25, 0.3) is 0 Å². The maximum atomic E-state index is 13.8. The van der Waals surface area contributed by atoms with E-state index in [1.807, 2.05) is 0 Å². The summed E-state index contributed by atoms with van der Waals surface area (Å²) in [7, 11) is 0. The van der Waals surface area contributed by atoms with Crippen LogP contribution in [-0.4, -0.2) is 31.7 Å². The zero-order chi connectivity index (χ0) is 14.2. The van der Waals surface area contributed by atoms with E-state index in [1.165, 1.54) is 29.2 Å². The molecule has 0 radical (unpaired) electrons. The molecule has 1 aromatic heterocycles. The SMILES string of the molecule is NC1(C(=O)Nc2cc(-n3cnnn3)ccc2F)CCC1. The predicted octanol–water partition coefficient (Wildman–Crippen LogP) is 0.621. The lowest BCUT2D eigenvalue weighted by Crippen LogP contribution is -2.56. The molecule has 1 aliphatic rings. The zero-order valence-corrected chi connectivity index (χ0v) is 10.6. The van der Waals surface area contributed by atoms with E-state index >= 15 is 0 Å². The molecule has 0 spiro atoms. The number of anilines is 1. The van der Waals surface area contributed by atoms with Crippen LogP contribution in [0.5, 0.6) is 0 Å². The molecule has 1 aromatic carbocycles. The van der Waals surface area contributed by atoms with E-state index in [-0.39, 0.29) is 11.6 Å². The van der Waals surface area contributed by atoms with Crippen molar-refractivity contribution in [2.75, 3.05) is 5.32 Å². The highest BCUT2D eigenvalue weighted by Crippen LogP contribution is 2.30. The summed E-state index contributed by atoms with van der Waals surface area (Å²) in [5.41, 5.74) is 5.64. The maximum Gasteiger partial charge on any atom is 0.244 e. The summed E-state index contributed by atoms with van der Waals surface area (Å²) >= 11 is 0. The average molecular weight is 276 g/mol. The van der Waals surface area contributed by atoms with Gasteiger partial charge in [0.15, 0.2) is 0 Å². The third-order valence-corrected chi connectivity index (χ3v) is 3.51. The molecule has 0 aliphatic heterocycles. The van der Waals surface area contributed by atoms with Crippen molar-refractivity contribution in [3.63, 3.8) is 0 Å². The Morgan fingerprint density at radius 2 is 2.25 bits per heavy atom. The van der Waals surface area contributed by atoms with Crippen LogP contribution in [0.25, 0.3) is 5.69 Å². The fourth-order valence-electron chi connectivity index (χ4n) is 2.06. The third kappa shape index (κ3) is 2.14. The van der Waals surface area contributed by atoms with Crippen LogP contribution in [0, 0.1) is 5.82 Å². The normalized spacial score (nSPS) is 16.5. The Bertz CT molecular complexity index is 637. The van der Waals surface area contributed by atoms with E-state index in [0.717, 1.165) is 6.42 Å². The fourth-order valence-corrected chi connectivity index (χ4v) is 2.06. The molecule has 7 nitrogen and oxygen atoms in total. The van der Waals surface area contributed by atoms with Gasteiger partial charge in [-0.05, 0) is 47.9 Å². The maximum absolute atomic E-state index is 13.8. The highest BCUT2D eigenvalue weighted by molar-refractivity contribution is 5.98. The quantitative estimate of drug-likeness (QED) is 0.856. The van der Waals surface area contributed by atoms with Gasteiger partial charge in [-0.1, -0.05) is 0 Å². The second-order valence-corrected chi connectivity index (χ2v) is 4.88. The lowest BCUT2D eigenvalue weighted by molar-refractivity contribution is -0.123. The van der Waals surface area contributed by atoms with Crippen molar-refractivity contribution in [2.24, 2.45) is 5.73 Å². The largest absolute Gasteiger partial charge is 0.322 e. The minimum atomic E-state index is -0.878. The summed E-state index contributed by atoms with van der Waals surface area (Å²) in [5.74, 6) is -0.894. The van der Waals surface area contributed by atoms with E-state index in [4.69, 9.17) is 5.73 Å². The van der Waals surface area contributed by atoms with Gasteiger partial charge >= 0.3 is 0 Å². The second kappa shape index (κ2) is 4.64. The van der Waals surface area contributed by atoms with Crippen LogP contribution >= 0.6 is 0 Å². The number of tetrazole rings is 1. The van der Waals surface area contributed by atoms with Gasteiger partial charge in [-0.3, -0.25) is 4.79 Å². The Labute approximate surface area is 114 Å². The first-order valence-electron chi connectivity index (χ1n) is 6.22. The molecule has 1 aliphatic carbocycles. The fraction of sp³-hybridized carbons (Fsp3) is 0.333. The lowest BCUT2D eigenvalue weighted by Gasteiger charge is -2.36. The molecule has 1 fully saturated rings. The summed E-state index contributed by atoms with van der Waals surface area (Å²) in [6, 6.07) is 4.23. The van der Waals surface area contributed by atoms with Crippen molar-refractivity contribution >= 4 is 11.6 Å². The predicted molar refractivity (Wildman–Crippen MR) is 68.5 cm³/mol. The highest BCUT2D eigenvalue weighted by Gasteiger charge is 2.40. The van der Waals surface area contributed by atoms with E-state index in [9.17, 15) is 9.18 Å². The van der Waals surface area contributed by atoms with Crippen LogP contribution in [0.15, 0.2) is 24.5 Å². The first-order valence-corrected chi connectivity index (χ1v) is 6.22. The Balaban J connectivity index is 1.85. The minimum absolute atomic E-state index is 0.0692. The summed E-state index contributed by atoms with van der Waals surface area (Å²) < 4.78 is 15.1. The van der Waals surface area contributed by atoms with E-state index in [0.29, 0.717) is 18.5 Å². The number of benzene rings is 1.